The average Bonchev–Trinajstić information content (AvgIpc) is 2.88. The number of carbonyl (C=O) groups excluding carboxylic acids is 2. The maximum Gasteiger partial charge on any atom is 0.264 e. The first-order chi connectivity index (χ1) is 17.6. The van der Waals surface area contributed by atoms with Crippen LogP contribution in [-0.4, -0.2) is 50.8 Å². The van der Waals surface area contributed by atoms with E-state index in [1.165, 1.54) is 17.0 Å². The van der Waals surface area contributed by atoms with Crippen LogP contribution in [0.4, 0.5) is 5.69 Å². The molecule has 0 aliphatic carbocycles. The average molecular weight is 542 g/mol. The van der Waals surface area contributed by atoms with Gasteiger partial charge in [-0.3, -0.25) is 13.9 Å². The maximum atomic E-state index is 13.8. The monoisotopic (exact) mass is 541 g/mol. The molecular formula is C28H32ClN3O4S. The van der Waals surface area contributed by atoms with Gasteiger partial charge in [-0.25, -0.2) is 8.42 Å². The van der Waals surface area contributed by atoms with Crippen LogP contribution in [0.3, 0.4) is 0 Å². The van der Waals surface area contributed by atoms with Gasteiger partial charge >= 0.3 is 0 Å². The van der Waals surface area contributed by atoms with E-state index < -0.39 is 28.5 Å². The van der Waals surface area contributed by atoms with E-state index in [0.29, 0.717) is 13.0 Å². The summed E-state index contributed by atoms with van der Waals surface area (Å²) >= 11 is 6.40. The molecule has 0 saturated heterocycles. The van der Waals surface area contributed by atoms with Gasteiger partial charge in [0.15, 0.2) is 0 Å². The van der Waals surface area contributed by atoms with Crippen molar-refractivity contribution < 1.29 is 18.0 Å². The molecule has 0 fully saturated rings. The van der Waals surface area contributed by atoms with Crippen molar-refractivity contribution in [2.24, 2.45) is 0 Å². The second-order valence-electron chi connectivity index (χ2n) is 8.67. The first-order valence-corrected chi connectivity index (χ1v) is 13.9. The molecule has 0 unspecified atom stereocenters. The third kappa shape index (κ3) is 7.11. The second kappa shape index (κ2) is 12.7. The minimum Gasteiger partial charge on any atom is -0.355 e. The predicted octanol–water partition coefficient (Wildman–Crippen LogP) is 4.44. The zero-order chi connectivity index (χ0) is 27.0. The zero-order valence-electron chi connectivity index (χ0n) is 21.2. The Hall–Kier alpha value is -3.36. The number of para-hydroxylation sites is 1. The van der Waals surface area contributed by atoms with Crippen LogP contribution in [0.5, 0.6) is 0 Å². The molecule has 0 heterocycles. The van der Waals surface area contributed by atoms with E-state index in [1.54, 1.807) is 50.2 Å². The molecule has 37 heavy (non-hydrogen) atoms. The topological polar surface area (TPSA) is 86.8 Å². The number of rotatable bonds is 11. The number of benzene rings is 3. The number of likely N-dealkylation sites (N-methyl/N-ethyl adjacent to an activating group) is 1. The number of aryl methyl sites for hydroxylation is 1. The van der Waals surface area contributed by atoms with Crippen LogP contribution < -0.4 is 9.62 Å². The summed E-state index contributed by atoms with van der Waals surface area (Å²) in [6, 6.07) is 21.7. The quantitative estimate of drug-likeness (QED) is 0.389. The summed E-state index contributed by atoms with van der Waals surface area (Å²) < 4.78 is 28.5. The minimum atomic E-state index is -4.14. The van der Waals surface area contributed by atoms with Gasteiger partial charge in [0.25, 0.3) is 10.0 Å². The van der Waals surface area contributed by atoms with Crippen LogP contribution in [0.1, 0.15) is 25.0 Å². The number of anilines is 1. The Balaban J connectivity index is 1.98. The molecule has 0 radical (unpaired) electrons. The Kier molecular flexibility index (Phi) is 9.72. The van der Waals surface area contributed by atoms with Crippen molar-refractivity contribution in [3.8, 4) is 0 Å². The summed E-state index contributed by atoms with van der Waals surface area (Å²) in [5, 5.41) is 2.94. The summed E-state index contributed by atoms with van der Waals surface area (Å²) in [7, 11) is -4.14. The number of hydrogen-bond donors (Lipinski definition) is 1. The molecular weight excluding hydrogens is 510 g/mol. The molecule has 3 rings (SSSR count). The number of halogens is 1. The van der Waals surface area contributed by atoms with Crippen LogP contribution >= 0.6 is 11.6 Å². The predicted molar refractivity (Wildman–Crippen MR) is 147 cm³/mol. The Morgan fingerprint density at radius 1 is 0.946 bits per heavy atom. The molecule has 3 aromatic rings. The molecule has 0 aliphatic rings. The molecule has 7 nitrogen and oxygen atoms in total. The minimum absolute atomic E-state index is 0.0402. The highest BCUT2D eigenvalue weighted by atomic mass is 35.5. The highest BCUT2D eigenvalue weighted by Crippen LogP contribution is 2.30. The molecule has 0 aliphatic heterocycles. The van der Waals surface area contributed by atoms with Gasteiger partial charge in [-0.05, 0) is 57.0 Å². The van der Waals surface area contributed by atoms with E-state index in [0.717, 1.165) is 15.4 Å². The molecule has 196 valence electrons. The first-order valence-electron chi connectivity index (χ1n) is 12.1. The Labute approximate surface area is 224 Å². The van der Waals surface area contributed by atoms with Crippen molar-refractivity contribution >= 4 is 39.1 Å². The lowest BCUT2D eigenvalue weighted by Gasteiger charge is -2.32. The highest BCUT2D eigenvalue weighted by molar-refractivity contribution is 7.92. The van der Waals surface area contributed by atoms with Crippen LogP contribution in [-0.2, 0) is 26.0 Å². The van der Waals surface area contributed by atoms with Crippen molar-refractivity contribution in [2.45, 2.75) is 38.1 Å². The Morgan fingerprint density at radius 2 is 1.57 bits per heavy atom. The van der Waals surface area contributed by atoms with Crippen LogP contribution in [0.2, 0.25) is 5.02 Å². The summed E-state index contributed by atoms with van der Waals surface area (Å²) in [4.78, 5) is 27.9. The van der Waals surface area contributed by atoms with E-state index in [4.69, 9.17) is 11.6 Å². The summed E-state index contributed by atoms with van der Waals surface area (Å²) in [5.74, 6) is -0.820. The van der Waals surface area contributed by atoms with Crippen molar-refractivity contribution in [3.63, 3.8) is 0 Å². The van der Waals surface area contributed by atoms with Gasteiger partial charge in [0.1, 0.15) is 12.6 Å². The number of sulfonamides is 1. The largest absolute Gasteiger partial charge is 0.355 e. The number of hydrogen-bond acceptors (Lipinski definition) is 4. The van der Waals surface area contributed by atoms with Gasteiger partial charge in [-0.1, -0.05) is 71.8 Å². The van der Waals surface area contributed by atoms with Gasteiger partial charge in [0.2, 0.25) is 11.8 Å². The van der Waals surface area contributed by atoms with Gasteiger partial charge in [-0.15, -0.1) is 0 Å². The summed E-state index contributed by atoms with van der Waals surface area (Å²) in [6.07, 6.45) is 0.507. The second-order valence-corrected chi connectivity index (χ2v) is 10.9. The molecule has 3 aromatic carbocycles. The summed E-state index contributed by atoms with van der Waals surface area (Å²) in [5.41, 5.74) is 2.09. The molecule has 9 heteroatoms. The van der Waals surface area contributed by atoms with Gasteiger partial charge in [-0.2, -0.15) is 0 Å². The smallest absolute Gasteiger partial charge is 0.264 e. The van der Waals surface area contributed by atoms with Crippen LogP contribution in [0.25, 0.3) is 0 Å². The van der Waals surface area contributed by atoms with Gasteiger partial charge < -0.3 is 10.2 Å². The standard InChI is InChI=1S/C28H32ClN3O4S/c1-4-30-28(34)22(3)31(19-18-23-10-6-5-7-11-23)27(33)20-32(26-13-9-8-12-25(26)29)37(35,36)24-16-14-21(2)15-17-24/h5-17,22H,4,18-20H2,1-3H3,(H,30,34)/t22-/m1/s1. The van der Waals surface area contributed by atoms with Crippen LogP contribution in [0.15, 0.2) is 83.8 Å². The van der Waals surface area contributed by atoms with Gasteiger partial charge in [0, 0.05) is 13.1 Å². The normalized spacial score (nSPS) is 12.0. The lowest BCUT2D eigenvalue weighted by atomic mass is 10.1. The maximum absolute atomic E-state index is 13.8. The van der Waals surface area contributed by atoms with Crippen LogP contribution in [0, 0.1) is 6.92 Å². The lowest BCUT2D eigenvalue weighted by molar-refractivity contribution is -0.138. The third-order valence-corrected chi connectivity index (χ3v) is 8.11. The first kappa shape index (κ1) is 28.2. The fraction of sp³-hybridized carbons (Fsp3) is 0.286. The summed E-state index contributed by atoms with van der Waals surface area (Å²) in [6.45, 7) is 5.44. The number of amides is 2. The van der Waals surface area contributed by atoms with E-state index in [1.807, 2.05) is 37.3 Å². The van der Waals surface area contributed by atoms with Crippen molar-refractivity contribution in [3.05, 3.63) is 95.0 Å². The number of nitrogens with one attached hydrogen (secondary N) is 1. The van der Waals surface area contributed by atoms with E-state index in [-0.39, 0.29) is 28.1 Å². The number of carbonyl (C=O) groups is 2. The molecule has 2 amide bonds. The lowest BCUT2D eigenvalue weighted by Crippen LogP contribution is -2.52. The SMILES string of the molecule is CCNC(=O)[C@@H](C)N(CCc1ccccc1)C(=O)CN(c1ccccc1Cl)S(=O)(=O)c1ccc(C)cc1. The fourth-order valence-corrected chi connectivity index (χ4v) is 5.62. The molecule has 1 N–H and O–H groups in total. The fourth-order valence-electron chi connectivity index (χ4n) is 3.90. The van der Waals surface area contributed by atoms with E-state index in [2.05, 4.69) is 5.32 Å². The Bertz CT molecular complexity index is 1310. The molecule has 0 spiro atoms. The molecule has 1 atom stereocenters. The van der Waals surface area contributed by atoms with Crippen molar-refractivity contribution in [1.82, 2.24) is 10.2 Å². The Morgan fingerprint density at radius 3 is 2.19 bits per heavy atom. The van der Waals surface area contributed by atoms with Gasteiger partial charge in [0.05, 0.1) is 15.6 Å². The van der Waals surface area contributed by atoms with Crippen molar-refractivity contribution in [2.75, 3.05) is 23.9 Å². The van der Waals surface area contributed by atoms with E-state index in [9.17, 15) is 18.0 Å². The zero-order valence-corrected chi connectivity index (χ0v) is 22.8. The van der Waals surface area contributed by atoms with Crippen molar-refractivity contribution in [1.29, 1.82) is 0 Å². The highest BCUT2D eigenvalue weighted by Gasteiger charge is 2.33. The number of nitrogens with zero attached hydrogens (tertiary/aromatic N) is 2. The molecule has 0 saturated carbocycles. The molecule has 0 bridgehead atoms. The third-order valence-electron chi connectivity index (χ3n) is 6.01. The molecule has 0 aromatic heterocycles. The van der Waals surface area contributed by atoms with E-state index >= 15 is 0 Å².